The van der Waals surface area contributed by atoms with Crippen LogP contribution >= 0.6 is 15.9 Å². The third-order valence-corrected chi connectivity index (χ3v) is 7.88. The predicted molar refractivity (Wildman–Crippen MR) is 163 cm³/mol. The van der Waals surface area contributed by atoms with Crippen molar-refractivity contribution in [3.63, 3.8) is 0 Å². The van der Waals surface area contributed by atoms with Gasteiger partial charge in [-0.05, 0) is 37.1 Å². The summed E-state index contributed by atoms with van der Waals surface area (Å²) >= 11 is 3.27. The Morgan fingerprint density at radius 1 is 0.978 bits per heavy atom. The summed E-state index contributed by atoms with van der Waals surface area (Å²) in [4.78, 5) is 40.8. The Balaban J connectivity index is 1.99. The number of methoxy groups -OCH3 is 1. The molecular weight excluding hydrogens is 665 g/mol. The van der Waals surface area contributed by atoms with E-state index in [4.69, 9.17) is 4.74 Å². The fourth-order valence-electron chi connectivity index (χ4n) is 5.06. The maximum Gasteiger partial charge on any atom is 0.416 e. The molecule has 0 aliphatic rings. The minimum absolute atomic E-state index is 0.134. The van der Waals surface area contributed by atoms with E-state index in [-0.39, 0.29) is 34.9 Å². The van der Waals surface area contributed by atoms with Crippen molar-refractivity contribution in [3.05, 3.63) is 122 Å². The number of ether oxygens (including phenoxy) is 1. The molecule has 0 unspecified atom stereocenters. The third kappa shape index (κ3) is 7.35. The highest BCUT2D eigenvalue weighted by atomic mass is 79.9. The number of nitrogens with zero attached hydrogens (tertiary/aromatic N) is 2. The van der Waals surface area contributed by atoms with Gasteiger partial charge < -0.3 is 10.1 Å². The molecule has 1 heterocycles. The highest BCUT2D eigenvalue weighted by Crippen LogP contribution is 2.34. The van der Waals surface area contributed by atoms with Crippen LogP contribution < -0.4 is 21.3 Å². The van der Waals surface area contributed by atoms with Crippen molar-refractivity contribution in [3.8, 4) is 16.9 Å². The predicted octanol–water partition coefficient (Wildman–Crippen LogP) is 6.37. The molecule has 4 aromatic rings. The Hall–Kier alpha value is -4.26. The van der Waals surface area contributed by atoms with Gasteiger partial charge in [0, 0.05) is 28.6 Å². The minimum Gasteiger partial charge on any atom is -0.494 e. The van der Waals surface area contributed by atoms with E-state index in [1.54, 1.807) is 30.3 Å². The van der Waals surface area contributed by atoms with Crippen LogP contribution in [0.3, 0.4) is 0 Å². The quantitative estimate of drug-likeness (QED) is 0.146. The maximum atomic E-state index is 15.6. The number of halogens is 6. The summed E-state index contributed by atoms with van der Waals surface area (Å²) in [5, 5.41) is 3.37. The highest BCUT2D eigenvalue weighted by Gasteiger charge is 2.35. The lowest BCUT2D eigenvalue weighted by Crippen LogP contribution is -2.45. The van der Waals surface area contributed by atoms with Crippen LogP contribution in [0.2, 0.25) is 0 Å². The van der Waals surface area contributed by atoms with Gasteiger partial charge in [0.15, 0.2) is 11.6 Å². The monoisotopic (exact) mass is 693 g/mol. The van der Waals surface area contributed by atoms with E-state index in [1.165, 1.54) is 32.2 Å². The summed E-state index contributed by atoms with van der Waals surface area (Å²) in [5.41, 5.74) is -4.44. The highest BCUT2D eigenvalue weighted by molar-refractivity contribution is 9.09. The van der Waals surface area contributed by atoms with Gasteiger partial charge in [0.05, 0.1) is 37.4 Å². The van der Waals surface area contributed by atoms with Crippen LogP contribution in [0, 0.1) is 18.6 Å². The fourth-order valence-corrected chi connectivity index (χ4v) is 5.34. The number of hydrogen-bond donors (Lipinski definition) is 1. The molecule has 1 atom stereocenters. The number of aromatic nitrogens is 2. The Labute approximate surface area is 263 Å². The van der Waals surface area contributed by atoms with Crippen LogP contribution in [0.1, 0.15) is 41.3 Å². The van der Waals surface area contributed by atoms with Gasteiger partial charge in [-0.3, -0.25) is 18.7 Å². The Morgan fingerprint density at radius 3 is 2.31 bits per heavy atom. The zero-order valence-corrected chi connectivity index (χ0v) is 25.8. The van der Waals surface area contributed by atoms with Crippen molar-refractivity contribution in [2.75, 3.05) is 12.4 Å². The number of hydrogen-bond acceptors (Lipinski definition) is 4. The molecule has 0 aliphatic heterocycles. The first-order valence-electron chi connectivity index (χ1n) is 13.8. The number of benzene rings is 3. The topological polar surface area (TPSA) is 82.3 Å². The van der Waals surface area contributed by atoms with Crippen LogP contribution in [0.4, 0.5) is 22.0 Å². The average molecular weight is 694 g/mol. The SMILES string of the molecule is COc1cccc(-c2c(C)n(Cc3c(F)cccc3C(F)(F)F)c(=O)n(C[C@H](NC(=O)CCCBr)c3ccccc3)c2=O)c1F. The first-order valence-corrected chi connectivity index (χ1v) is 14.9. The summed E-state index contributed by atoms with van der Waals surface area (Å²) in [6, 6.07) is 13.9. The summed E-state index contributed by atoms with van der Waals surface area (Å²) < 4.78 is 78.9. The normalized spacial score (nSPS) is 12.2. The van der Waals surface area contributed by atoms with Crippen LogP contribution in [0.15, 0.2) is 76.3 Å². The first kappa shape index (κ1) is 33.6. The Bertz CT molecular complexity index is 1810. The second-order valence-electron chi connectivity index (χ2n) is 10.2. The molecule has 0 aliphatic carbocycles. The molecule has 1 aromatic heterocycles. The average Bonchev–Trinajstić information content (AvgIpc) is 3.01. The fraction of sp³-hybridized carbons (Fsp3) is 0.281. The van der Waals surface area contributed by atoms with Gasteiger partial charge in [0.25, 0.3) is 5.56 Å². The molecule has 4 rings (SSSR count). The lowest BCUT2D eigenvalue weighted by atomic mass is 10.0. The van der Waals surface area contributed by atoms with Crippen LogP contribution in [-0.2, 0) is 24.1 Å². The van der Waals surface area contributed by atoms with E-state index in [9.17, 15) is 31.9 Å². The first-order chi connectivity index (χ1) is 21.4. The van der Waals surface area contributed by atoms with E-state index in [1.807, 2.05) is 0 Å². The van der Waals surface area contributed by atoms with E-state index in [0.717, 1.165) is 21.3 Å². The standard InChI is InChI=1S/C32H29BrF5N3O4/c1-19-28(21-11-6-14-26(45-2)29(21)35)30(43)41(18-25(20-9-4-3-5-10-20)39-27(42)15-8-16-33)31(44)40(19)17-22-23(32(36,37)38)12-7-13-24(22)34/h3-7,9-14,25H,8,15-18H2,1-2H3,(H,39,42)/t25-/m0/s1. The second-order valence-corrected chi connectivity index (χ2v) is 10.9. The van der Waals surface area contributed by atoms with Crippen LogP contribution in [0.5, 0.6) is 5.75 Å². The van der Waals surface area contributed by atoms with E-state index < -0.39 is 59.3 Å². The molecule has 238 valence electrons. The molecule has 3 aromatic carbocycles. The molecule has 0 bridgehead atoms. The number of carbonyl (C=O) groups is 1. The van der Waals surface area contributed by atoms with Crippen molar-refractivity contribution in [1.29, 1.82) is 0 Å². The van der Waals surface area contributed by atoms with Gasteiger partial charge in [-0.25, -0.2) is 13.6 Å². The van der Waals surface area contributed by atoms with Gasteiger partial charge >= 0.3 is 11.9 Å². The zero-order chi connectivity index (χ0) is 32.9. The van der Waals surface area contributed by atoms with Gasteiger partial charge in [-0.2, -0.15) is 13.2 Å². The van der Waals surface area contributed by atoms with Crippen molar-refractivity contribution in [2.24, 2.45) is 0 Å². The summed E-state index contributed by atoms with van der Waals surface area (Å²) in [6.45, 7) is -0.102. The number of rotatable bonds is 11. The lowest BCUT2D eigenvalue weighted by Gasteiger charge is -2.23. The molecule has 0 saturated carbocycles. The molecule has 7 nitrogen and oxygen atoms in total. The Kier molecular flexibility index (Phi) is 10.6. The van der Waals surface area contributed by atoms with Crippen molar-refractivity contribution >= 4 is 21.8 Å². The van der Waals surface area contributed by atoms with E-state index in [2.05, 4.69) is 21.2 Å². The molecule has 13 heteroatoms. The minimum atomic E-state index is -4.96. The molecule has 0 radical (unpaired) electrons. The number of carbonyl (C=O) groups excluding carboxylic acids is 1. The maximum absolute atomic E-state index is 15.6. The molecule has 0 spiro atoms. The number of amides is 1. The number of nitrogens with one attached hydrogen (secondary N) is 1. The second kappa shape index (κ2) is 14.2. The largest absolute Gasteiger partial charge is 0.494 e. The molecule has 0 saturated heterocycles. The summed E-state index contributed by atoms with van der Waals surface area (Å²) in [6.07, 6.45) is -4.31. The smallest absolute Gasteiger partial charge is 0.416 e. The van der Waals surface area contributed by atoms with Crippen molar-refractivity contribution in [1.82, 2.24) is 14.5 Å². The van der Waals surface area contributed by atoms with Crippen LogP contribution in [0.25, 0.3) is 11.1 Å². The molecule has 0 fully saturated rings. The van der Waals surface area contributed by atoms with Crippen LogP contribution in [-0.4, -0.2) is 27.5 Å². The van der Waals surface area contributed by atoms with Gasteiger partial charge in [-0.1, -0.05) is 64.5 Å². The van der Waals surface area contributed by atoms with E-state index in [0.29, 0.717) is 23.4 Å². The molecule has 45 heavy (non-hydrogen) atoms. The van der Waals surface area contributed by atoms with E-state index >= 15 is 4.39 Å². The van der Waals surface area contributed by atoms with Gasteiger partial charge in [0.2, 0.25) is 5.91 Å². The summed E-state index contributed by atoms with van der Waals surface area (Å²) in [5.74, 6) is -2.75. The summed E-state index contributed by atoms with van der Waals surface area (Å²) in [7, 11) is 1.22. The van der Waals surface area contributed by atoms with Crippen molar-refractivity contribution in [2.45, 2.75) is 45.1 Å². The lowest BCUT2D eigenvalue weighted by molar-refractivity contribution is -0.138. The molecule has 1 N–H and O–H groups in total. The van der Waals surface area contributed by atoms with Crippen molar-refractivity contribution < 1.29 is 31.5 Å². The Morgan fingerprint density at radius 2 is 1.67 bits per heavy atom. The van der Waals surface area contributed by atoms with Gasteiger partial charge in [0.1, 0.15) is 5.82 Å². The zero-order valence-electron chi connectivity index (χ0n) is 24.3. The molecule has 1 amide bonds. The molecular formula is C32H29BrF5N3O4. The number of alkyl halides is 4. The van der Waals surface area contributed by atoms with Gasteiger partial charge in [-0.15, -0.1) is 0 Å². The third-order valence-electron chi connectivity index (χ3n) is 7.32.